The first-order valence-corrected chi connectivity index (χ1v) is 8.88. The van der Waals surface area contributed by atoms with Gasteiger partial charge in [-0.25, -0.2) is 5.84 Å². The van der Waals surface area contributed by atoms with E-state index in [0.29, 0.717) is 28.6 Å². The molecule has 146 valence electrons. The number of hydrogen-bond acceptors (Lipinski definition) is 5. The van der Waals surface area contributed by atoms with Gasteiger partial charge in [0.25, 0.3) is 11.8 Å². The molecule has 8 nitrogen and oxygen atoms in total. The van der Waals surface area contributed by atoms with E-state index in [-0.39, 0.29) is 22.8 Å². The van der Waals surface area contributed by atoms with E-state index in [2.05, 4.69) is 16.0 Å². The molecule has 0 saturated heterocycles. The molecule has 0 aliphatic carbocycles. The fourth-order valence-electron chi connectivity index (χ4n) is 2.47. The molecule has 2 rings (SSSR count). The van der Waals surface area contributed by atoms with Crippen LogP contribution in [0.15, 0.2) is 42.5 Å². The Morgan fingerprint density at radius 1 is 0.964 bits per heavy atom. The average Bonchev–Trinajstić information content (AvgIpc) is 2.67. The number of hydrazine groups is 1. The van der Waals surface area contributed by atoms with Gasteiger partial charge in [-0.15, -0.1) is 0 Å². The Bertz CT molecular complexity index is 930. The molecular formula is C19H21N5O3S. The van der Waals surface area contributed by atoms with Crippen LogP contribution in [0.4, 0.5) is 11.4 Å². The fourth-order valence-corrected chi connectivity index (χ4v) is 2.73. The molecule has 0 heterocycles. The number of ketones is 1. The Kier molecular flexibility index (Phi) is 7.19. The maximum absolute atomic E-state index is 12.6. The van der Waals surface area contributed by atoms with Crippen molar-refractivity contribution in [1.29, 1.82) is 0 Å². The Balaban J connectivity index is 2.22. The minimum atomic E-state index is -0.621. The quantitative estimate of drug-likeness (QED) is 0.165. The van der Waals surface area contributed by atoms with E-state index < -0.39 is 5.91 Å². The molecule has 0 bridgehead atoms. The third kappa shape index (κ3) is 5.35. The molecule has 0 spiro atoms. The lowest BCUT2D eigenvalue weighted by Gasteiger charge is -2.12. The molecule has 2 aromatic rings. The first-order valence-electron chi connectivity index (χ1n) is 8.48. The van der Waals surface area contributed by atoms with E-state index in [4.69, 9.17) is 18.1 Å². The molecule has 0 aliphatic heterocycles. The van der Waals surface area contributed by atoms with E-state index in [1.807, 2.05) is 12.3 Å². The van der Waals surface area contributed by atoms with Crippen molar-refractivity contribution in [2.45, 2.75) is 13.8 Å². The third-order valence-corrected chi connectivity index (χ3v) is 4.00. The van der Waals surface area contributed by atoms with Crippen LogP contribution in [0.25, 0.3) is 0 Å². The molecule has 2 amide bonds. The summed E-state index contributed by atoms with van der Waals surface area (Å²) in [5, 5.41) is 9.11. The number of anilines is 2. The van der Waals surface area contributed by atoms with Crippen LogP contribution in [-0.2, 0) is 0 Å². The topological polar surface area (TPSA) is 125 Å². The average molecular weight is 399 g/mol. The van der Waals surface area contributed by atoms with E-state index in [1.165, 1.54) is 19.1 Å². The van der Waals surface area contributed by atoms with Crippen molar-refractivity contribution in [2.24, 2.45) is 5.84 Å². The number of amides is 2. The van der Waals surface area contributed by atoms with Gasteiger partial charge < -0.3 is 16.0 Å². The van der Waals surface area contributed by atoms with Gasteiger partial charge in [0, 0.05) is 29.0 Å². The minimum absolute atomic E-state index is 0.0826. The Morgan fingerprint density at radius 3 is 2.32 bits per heavy atom. The molecule has 0 fully saturated rings. The smallest absolute Gasteiger partial charge is 0.265 e. The molecule has 0 saturated carbocycles. The molecule has 0 radical (unpaired) electrons. The number of rotatable bonds is 6. The molecule has 0 unspecified atom stereocenters. The summed E-state index contributed by atoms with van der Waals surface area (Å²) in [7, 11) is 0. The maximum Gasteiger partial charge on any atom is 0.265 e. The van der Waals surface area contributed by atoms with Crippen molar-refractivity contribution < 1.29 is 14.4 Å². The second-order valence-corrected chi connectivity index (χ2v) is 6.22. The normalized spacial score (nSPS) is 9.96. The lowest BCUT2D eigenvalue weighted by atomic mass is 10.0. The van der Waals surface area contributed by atoms with Crippen LogP contribution in [0.1, 0.15) is 44.9 Å². The molecule has 28 heavy (non-hydrogen) atoms. The van der Waals surface area contributed by atoms with Gasteiger partial charge in [-0.2, -0.15) is 0 Å². The number of Topliss-reactive ketones (excluding diaryl/α,β-unsaturated/α-hetero) is 1. The van der Waals surface area contributed by atoms with Crippen molar-refractivity contribution in [1.82, 2.24) is 10.7 Å². The summed E-state index contributed by atoms with van der Waals surface area (Å²) >= 11 is 5.13. The summed E-state index contributed by atoms with van der Waals surface area (Å²) in [5.74, 6) is 3.88. The van der Waals surface area contributed by atoms with Gasteiger partial charge in [-0.1, -0.05) is 6.07 Å². The lowest BCUT2D eigenvalue weighted by molar-refractivity contribution is 0.0938. The van der Waals surface area contributed by atoms with Crippen molar-refractivity contribution in [2.75, 3.05) is 17.2 Å². The Hall–Kier alpha value is -3.30. The lowest BCUT2D eigenvalue weighted by Crippen LogP contribution is -2.31. The summed E-state index contributed by atoms with van der Waals surface area (Å²) in [6, 6.07) is 11.2. The van der Waals surface area contributed by atoms with Gasteiger partial charge >= 0.3 is 0 Å². The number of hydrogen-bond donors (Lipinski definition) is 5. The highest BCUT2D eigenvalue weighted by molar-refractivity contribution is 7.80. The van der Waals surface area contributed by atoms with E-state index in [1.54, 1.807) is 30.3 Å². The molecule has 0 aromatic heterocycles. The summed E-state index contributed by atoms with van der Waals surface area (Å²) < 4.78 is 0. The van der Waals surface area contributed by atoms with Gasteiger partial charge in [-0.3, -0.25) is 19.8 Å². The number of nitrogen functional groups attached to an aromatic ring is 1. The van der Waals surface area contributed by atoms with Crippen molar-refractivity contribution >= 4 is 46.3 Å². The second-order valence-electron chi connectivity index (χ2n) is 5.81. The van der Waals surface area contributed by atoms with Gasteiger partial charge in [0.1, 0.15) is 0 Å². The van der Waals surface area contributed by atoms with Crippen molar-refractivity contribution in [3.63, 3.8) is 0 Å². The number of nitrogens with one attached hydrogen (secondary N) is 4. The van der Waals surface area contributed by atoms with Crippen molar-refractivity contribution in [3.05, 3.63) is 59.2 Å². The molecule has 2 aromatic carbocycles. The van der Waals surface area contributed by atoms with Crippen LogP contribution in [0.5, 0.6) is 0 Å². The predicted molar refractivity (Wildman–Crippen MR) is 112 cm³/mol. The number of nitrogens with two attached hydrogens (primary N) is 1. The highest BCUT2D eigenvalue weighted by atomic mass is 32.1. The molecule has 0 atom stereocenters. The van der Waals surface area contributed by atoms with E-state index in [9.17, 15) is 14.4 Å². The summed E-state index contributed by atoms with van der Waals surface area (Å²) in [4.78, 5) is 36.2. The number of thiocarbonyl (C=S) groups is 1. The first kappa shape index (κ1) is 21.0. The molecule has 0 aliphatic rings. The van der Waals surface area contributed by atoms with Crippen LogP contribution in [0.2, 0.25) is 0 Å². The zero-order chi connectivity index (χ0) is 20.7. The Morgan fingerprint density at radius 2 is 1.68 bits per heavy atom. The van der Waals surface area contributed by atoms with Crippen LogP contribution in [0, 0.1) is 0 Å². The third-order valence-electron chi connectivity index (χ3n) is 3.75. The Labute approximate surface area is 167 Å². The van der Waals surface area contributed by atoms with E-state index in [0.717, 1.165) is 0 Å². The SMILES string of the molecule is CCNC(=S)Nc1cccc(C(=O)Nc2ccc(C(C)=O)c(C(=O)NN)c2)c1. The maximum atomic E-state index is 12.6. The highest BCUT2D eigenvalue weighted by Crippen LogP contribution is 2.18. The van der Waals surface area contributed by atoms with Crippen molar-refractivity contribution in [3.8, 4) is 0 Å². The number of carbonyl (C=O) groups excluding carboxylic acids is 3. The number of benzene rings is 2. The monoisotopic (exact) mass is 399 g/mol. The first-order chi connectivity index (χ1) is 13.3. The van der Waals surface area contributed by atoms with E-state index >= 15 is 0 Å². The van der Waals surface area contributed by atoms with Crippen LogP contribution >= 0.6 is 12.2 Å². The van der Waals surface area contributed by atoms with Crippen LogP contribution in [-0.4, -0.2) is 29.3 Å². The number of carbonyl (C=O) groups is 3. The zero-order valence-electron chi connectivity index (χ0n) is 15.5. The summed E-state index contributed by atoms with van der Waals surface area (Å²) in [6.07, 6.45) is 0. The molecular weight excluding hydrogens is 378 g/mol. The standard InChI is InChI=1S/C19H21N5O3S/c1-3-21-19(28)23-13-6-4-5-12(9-13)17(26)22-14-7-8-15(11(2)25)16(10-14)18(27)24-20/h4-10H,3,20H2,1-2H3,(H,22,26)(H,24,27)(H2,21,23,28). The zero-order valence-corrected chi connectivity index (χ0v) is 16.3. The van der Waals surface area contributed by atoms with Gasteiger partial charge in [-0.05, 0) is 62.5 Å². The van der Waals surface area contributed by atoms with Crippen LogP contribution < -0.4 is 27.2 Å². The summed E-state index contributed by atoms with van der Waals surface area (Å²) in [5.41, 5.74) is 3.70. The van der Waals surface area contributed by atoms with Gasteiger partial charge in [0.2, 0.25) is 0 Å². The van der Waals surface area contributed by atoms with Gasteiger partial charge in [0.05, 0.1) is 5.56 Å². The minimum Gasteiger partial charge on any atom is -0.363 e. The largest absolute Gasteiger partial charge is 0.363 e. The van der Waals surface area contributed by atoms with Crippen LogP contribution in [0.3, 0.4) is 0 Å². The second kappa shape index (κ2) is 9.58. The highest BCUT2D eigenvalue weighted by Gasteiger charge is 2.16. The summed E-state index contributed by atoms with van der Waals surface area (Å²) in [6.45, 7) is 3.95. The molecule has 9 heteroatoms. The van der Waals surface area contributed by atoms with Gasteiger partial charge in [0.15, 0.2) is 10.9 Å². The predicted octanol–water partition coefficient (Wildman–Crippen LogP) is 2.05. The fraction of sp³-hybridized carbons (Fsp3) is 0.158. The molecule has 6 N–H and O–H groups in total.